The number of ether oxygens (including phenoxy) is 1. The average Bonchev–Trinajstić information content (AvgIpc) is 3.30. The number of rotatable bonds is 6. The number of carboxylic acid groups (broad SMARTS) is 1. The third kappa shape index (κ3) is 3.34. The highest BCUT2D eigenvalue weighted by Crippen LogP contribution is 2.44. The SMILES string of the molecule is NC(=O)COc1ccccc1C(=O)N1C[C@H](C(=O)O)[C@@H](C2CC2)C1. The molecule has 1 aliphatic carbocycles. The molecule has 1 saturated heterocycles. The number of nitrogens with two attached hydrogens (primary N) is 1. The van der Waals surface area contributed by atoms with Gasteiger partial charge in [-0.3, -0.25) is 14.4 Å². The molecule has 0 spiro atoms. The zero-order valence-corrected chi connectivity index (χ0v) is 13.2. The minimum Gasteiger partial charge on any atom is -0.483 e. The monoisotopic (exact) mass is 332 g/mol. The minimum atomic E-state index is -0.847. The number of hydrogen-bond acceptors (Lipinski definition) is 4. The molecule has 7 nitrogen and oxygen atoms in total. The molecule has 3 rings (SSSR count). The van der Waals surface area contributed by atoms with Gasteiger partial charge in [0.2, 0.25) is 0 Å². The van der Waals surface area contributed by atoms with Gasteiger partial charge in [-0.25, -0.2) is 0 Å². The first kappa shape index (κ1) is 16.3. The smallest absolute Gasteiger partial charge is 0.308 e. The quantitative estimate of drug-likeness (QED) is 0.798. The molecule has 0 aromatic heterocycles. The fourth-order valence-electron chi connectivity index (χ4n) is 3.35. The summed E-state index contributed by atoms with van der Waals surface area (Å²) in [6.45, 7) is 0.344. The first-order valence-corrected chi connectivity index (χ1v) is 7.99. The second kappa shape index (κ2) is 6.51. The lowest BCUT2D eigenvalue weighted by molar-refractivity contribution is -0.142. The van der Waals surface area contributed by atoms with E-state index in [9.17, 15) is 19.5 Å². The van der Waals surface area contributed by atoms with Gasteiger partial charge in [0, 0.05) is 13.1 Å². The number of amides is 2. The summed E-state index contributed by atoms with van der Waals surface area (Å²) in [5.74, 6) is -1.55. The topological polar surface area (TPSA) is 110 Å². The molecular weight excluding hydrogens is 312 g/mol. The Balaban J connectivity index is 1.77. The Kier molecular flexibility index (Phi) is 4.42. The molecule has 1 saturated carbocycles. The van der Waals surface area contributed by atoms with E-state index in [4.69, 9.17) is 10.5 Å². The summed E-state index contributed by atoms with van der Waals surface area (Å²) in [6, 6.07) is 6.61. The first-order chi connectivity index (χ1) is 11.5. The van der Waals surface area contributed by atoms with Crippen LogP contribution in [-0.4, -0.2) is 47.5 Å². The van der Waals surface area contributed by atoms with Gasteiger partial charge in [-0.15, -0.1) is 0 Å². The van der Waals surface area contributed by atoms with E-state index in [1.807, 2.05) is 0 Å². The van der Waals surface area contributed by atoms with Gasteiger partial charge in [-0.2, -0.15) is 0 Å². The zero-order chi connectivity index (χ0) is 17.3. The van der Waals surface area contributed by atoms with Crippen molar-refractivity contribution in [3.8, 4) is 5.75 Å². The van der Waals surface area contributed by atoms with E-state index in [-0.39, 0.29) is 30.7 Å². The Morgan fingerprint density at radius 2 is 1.92 bits per heavy atom. The van der Waals surface area contributed by atoms with Crippen LogP contribution in [0.5, 0.6) is 5.75 Å². The van der Waals surface area contributed by atoms with Crippen LogP contribution in [0.4, 0.5) is 0 Å². The van der Waals surface area contributed by atoms with Gasteiger partial charge >= 0.3 is 5.97 Å². The van der Waals surface area contributed by atoms with E-state index in [2.05, 4.69) is 0 Å². The number of benzene rings is 1. The molecule has 3 N–H and O–H groups in total. The van der Waals surface area contributed by atoms with E-state index in [0.29, 0.717) is 18.0 Å². The Morgan fingerprint density at radius 1 is 1.21 bits per heavy atom. The maximum absolute atomic E-state index is 12.8. The maximum Gasteiger partial charge on any atom is 0.308 e. The van der Waals surface area contributed by atoms with Crippen molar-refractivity contribution in [2.75, 3.05) is 19.7 Å². The van der Waals surface area contributed by atoms with Crippen molar-refractivity contribution in [1.29, 1.82) is 0 Å². The zero-order valence-electron chi connectivity index (χ0n) is 13.2. The van der Waals surface area contributed by atoms with Crippen LogP contribution in [0.15, 0.2) is 24.3 Å². The van der Waals surface area contributed by atoms with Gasteiger partial charge in [0.15, 0.2) is 6.61 Å². The molecule has 0 radical (unpaired) electrons. The van der Waals surface area contributed by atoms with Crippen molar-refractivity contribution >= 4 is 17.8 Å². The fourth-order valence-corrected chi connectivity index (χ4v) is 3.35. The van der Waals surface area contributed by atoms with Crippen LogP contribution >= 0.6 is 0 Å². The van der Waals surface area contributed by atoms with Crippen molar-refractivity contribution in [3.05, 3.63) is 29.8 Å². The molecule has 24 heavy (non-hydrogen) atoms. The lowest BCUT2D eigenvalue weighted by Gasteiger charge is -2.18. The van der Waals surface area contributed by atoms with Gasteiger partial charge < -0.3 is 20.5 Å². The van der Waals surface area contributed by atoms with Crippen molar-refractivity contribution < 1.29 is 24.2 Å². The largest absolute Gasteiger partial charge is 0.483 e. The molecule has 128 valence electrons. The molecule has 2 aliphatic rings. The lowest BCUT2D eigenvalue weighted by atomic mass is 9.92. The van der Waals surface area contributed by atoms with Crippen molar-refractivity contribution in [3.63, 3.8) is 0 Å². The summed E-state index contributed by atoms with van der Waals surface area (Å²) in [5, 5.41) is 9.42. The number of carbonyl (C=O) groups excluding carboxylic acids is 2. The van der Waals surface area contributed by atoms with Crippen molar-refractivity contribution in [1.82, 2.24) is 4.90 Å². The summed E-state index contributed by atoms with van der Waals surface area (Å²) >= 11 is 0. The summed E-state index contributed by atoms with van der Waals surface area (Å²) < 4.78 is 5.30. The predicted octanol–water partition coefficient (Wildman–Crippen LogP) is 0.733. The maximum atomic E-state index is 12.8. The van der Waals surface area contributed by atoms with Crippen LogP contribution in [0.2, 0.25) is 0 Å². The number of primary amides is 1. The number of hydrogen-bond donors (Lipinski definition) is 2. The summed E-state index contributed by atoms with van der Waals surface area (Å²) in [6.07, 6.45) is 2.07. The standard InChI is InChI=1S/C17H20N2O5/c18-15(20)9-24-14-4-2-1-3-11(14)16(21)19-7-12(10-5-6-10)13(8-19)17(22)23/h1-4,10,12-13H,5-9H2,(H2,18,20)(H,22,23)/t12-,13+/m1/s1. The van der Waals surface area contributed by atoms with Gasteiger partial charge in [0.1, 0.15) is 5.75 Å². The van der Waals surface area contributed by atoms with E-state index >= 15 is 0 Å². The third-order valence-corrected chi connectivity index (χ3v) is 4.68. The predicted molar refractivity (Wildman–Crippen MR) is 84.4 cm³/mol. The van der Waals surface area contributed by atoms with E-state index in [0.717, 1.165) is 12.8 Å². The Labute approximate surface area is 139 Å². The van der Waals surface area contributed by atoms with E-state index < -0.39 is 17.8 Å². The number of para-hydroxylation sites is 1. The highest BCUT2D eigenvalue weighted by molar-refractivity contribution is 5.97. The fraction of sp³-hybridized carbons (Fsp3) is 0.471. The molecule has 2 amide bonds. The molecule has 7 heteroatoms. The summed E-state index contributed by atoms with van der Waals surface area (Å²) in [7, 11) is 0. The van der Waals surface area contributed by atoms with Gasteiger partial charge in [0.05, 0.1) is 11.5 Å². The Morgan fingerprint density at radius 3 is 2.54 bits per heavy atom. The lowest BCUT2D eigenvalue weighted by Crippen LogP contribution is -2.30. The molecule has 0 unspecified atom stereocenters. The van der Waals surface area contributed by atoms with Gasteiger partial charge in [-0.1, -0.05) is 12.1 Å². The summed E-state index contributed by atoms with van der Waals surface area (Å²) in [5.41, 5.74) is 5.39. The first-order valence-electron chi connectivity index (χ1n) is 7.99. The molecule has 1 aromatic rings. The number of aliphatic carboxylic acids is 1. The van der Waals surface area contributed by atoms with Gasteiger partial charge in [-0.05, 0) is 36.8 Å². The molecular formula is C17H20N2O5. The van der Waals surface area contributed by atoms with Crippen molar-refractivity contribution in [2.24, 2.45) is 23.5 Å². The average molecular weight is 332 g/mol. The van der Waals surface area contributed by atoms with Crippen LogP contribution in [0.3, 0.4) is 0 Å². The third-order valence-electron chi connectivity index (χ3n) is 4.68. The minimum absolute atomic E-state index is 0.0187. The normalized spacial score (nSPS) is 23.1. The van der Waals surface area contributed by atoms with Crippen LogP contribution in [0, 0.1) is 17.8 Å². The molecule has 1 aliphatic heterocycles. The second-order valence-electron chi connectivity index (χ2n) is 6.41. The van der Waals surface area contributed by atoms with Gasteiger partial charge in [0.25, 0.3) is 11.8 Å². The van der Waals surface area contributed by atoms with E-state index in [1.165, 1.54) is 0 Å². The number of carboxylic acids is 1. The van der Waals surface area contributed by atoms with E-state index in [1.54, 1.807) is 29.2 Å². The number of carbonyl (C=O) groups is 3. The van der Waals surface area contributed by atoms with Crippen LogP contribution in [0.25, 0.3) is 0 Å². The Hall–Kier alpha value is -2.57. The van der Waals surface area contributed by atoms with Crippen molar-refractivity contribution in [2.45, 2.75) is 12.8 Å². The molecule has 0 bridgehead atoms. The number of likely N-dealkylation sites (tertiary alicyclic amines) is 1. The van der Waals surface area contributed by atoms with Crippen LogP contribution < -0.4 is 10.5 Å². The number of nitrogens with zero attached hydrogens (tertiary/aromatic N) is 1. The van der Waals surface area contributed by atoms with Crippen LogP contribution in [-0.2, 0) is 9.59 Å². The molecule has 1 aromatic carbocycles. The molecule has 1 heterocycles. The second-order valence-corrected chi connectivity index (χ2v) is 6.41. The molecule has 2 fully saturated rings. The highest BCUT2D eigenvalue weighted by Gasteiger charge is 2.47. The van der Waals surface area contributed by atoms with Crippen LogP contribution in [0.1, 0.15) is 23.2 Å². The molecule has 2 atom stereocenters. The highest BCUT2D eigenvalue weighted by atomic mass is 16.5. The Bertz CT molecular complexity index is 671. The summed E-state index contributed by atoms with van der Waals surface area (Å²) in [4.78, 5) is 36.8.